The summed E-state index contributed by atoms with van der Waals surface area (Å²) in [4.78, 5) is 23.7. The molecular formula is C19H14F2O5. The Balaban J connectivity index is 1.93. The minimum atomic E-state index is -1.04. The molecule has 26 heavy (non-hydrogen) atoms. The van der Waals surface area contributed by atoms with E-state index in [1.54, 1.807) is 6.07 Å². The number of halogens is 2. The lowest BCUT2D eigenvalue weighted by atomic mass is 10.0. The second-order valence-electron chi connectivity index (χ2n) is 5.62. The Kier molecular flexibility index (Phi) is 4.71. The first-order valence-corrected chi connectivity index (χ1v) is 7.80. The van der Waals surface area contributed by atoms with Crippen LogP contribution in [-0.2, 0) is 17.8 Å². The molecule has 1 aromatic heterocycles. The number of carbonyl (C=O) groups is 1. The largest absolute Gasteiger partial charge is 0.508 e. The van der Waals surface area contributed by atoms with Crippen LogP contribution in [0.1, 0.15) is 28.4 Å². The molecule has 1 N–H and O–H groups in total. The predicted octanol–water partition coefficient (Wildman–Crippen LogP) is 3.70. The summed E-state index contributed by atoms with van der Waals surface area (Å²) in [5.74, 6) is -2.84. The monoisotopic (exact) mass is 360 g/mol. The Hall–Kier alpha value is -3.22. The molecule has 1 heterocycles. The van der Waals surface area contributed by atoms with Crippen LogP contribution < -0.4 is 5.63 Å². The molecule has 0 saturated heterocycles. The first kappa shape index (κ1) is 17.6. The topological polar surface area (TPSA) is 76.7 Å². The lowest BCUT2D eigenvalue weighted by Gasteiger charge is -2.10. The number of carbonyl (C=O) groups excluding carboxylic acids is 1. The molecule has 0 bridgehead atoms. The van der Waals surface area contributed by atoms with Crippen LogP contribution in [0.4, 0.5) is 8.78 Å². The molecule has 0 atom stereocenters. The molecule has 3 rings (SSSR count). The maximum absolute atomic E-state index is 13.7. The van der Waals surface area contributed by atoms with Gasteiger partial charge in [0.05, 0.1) is 5.56 Å². The van der Waals surface area contributed by atoms with Gasteiger partial charge in [-0.15, -0.1) is 0 Å². The molecule has 2 aromatic carbocycles. The van der Waals surface area contributed by atoms with E-state index in [-0.39, 0.29) is 17.9 Å². The van der Waals surface area contributed by atoms with Gasteiger partial charge in [-0.3, -0.25) is 0 Å². The number of phenols is 1. The maximum Gasteiger partial charge on any atom is 0.341 e. The molecule has 0 fully saturated rings. The van der Waals surface area contributed by atoms with Crippen LogP contribution in [0.25, 0.3) is 11.0 Å². The van der Waals surface area contributed by atoms with Crippen molar-refractivity contribution in [2.75, 3.05) is 0 Å². The van der Waals surface area contributed by atoms with Crippen LogP contribution in [0, 0.1) is 11.6 Å². The highest BCUT2D eigenvalue weighted by molar-refractivity contribution is 5.90. The van der Waals surface area contributed by atoms with Crippen molar-refractivity contribution in [2.24, 2.45) is 0 Å². The number of aromatic hydroxyl groups is 1. The fraction of sp³-hybridized carbons (Fsp3) is 0.158. The lowest BCUT2D eigenvalue weighted by molar-refractivity contribution is 0.0468. The van der Waals surface area contributed by atoms with E-state index in [4.69, 9.17) is 9.15 Å². The SMILES string of the molecule is CCc1cc2c(COC(=O)c3ccc(F)cc3F)cc(=O)oc2cc1O. The number of ether oxygens (including phenoxy) is 1. The fourth-order valence-electron chi connectivity index (χ4n) is 2.59. The highest BCUT2D eigenvalue weighted by Crippen LogP contribution is 2.27. The smallest absolute Gasteiger partial charge is 0.341 e. The van der Waals surface area contributed by atoms with Crippen molar-refractivity contribution in [1.29, 1.82) is 0 Å². The van der Waals surface area contributed by atoms with Crippen molar-refractivity contribution in [3.8, 4) is 5.75 Å². The summed E-state index contributed by atoms with van der Waals surface area (Å²) in [6.45, 7) is 1.53. The van der Waals surface area contributed by atoms with Gasteiger partial charge in [-0.1, -0.05) is 6.92 Å². The predicted molar refractivity (Wildman–Crippen MR) is 89.0 cm³/mol. The van der Waals surface area contributed by atoms with Crippen LogP contribution in [0.5, 0.6) is 5.75 Å². The number of fused-ring (bicyclic) bond motifs is 1. The van der Waals surface area contributed by atoms with Crippen LogP contribution in [0.3, 0.4) is 0 Å². The Morgan fingerprint density at radius 2 is 1.92 bits per heavy atom. The number of hydrogen-bond donors (Lipinski definition) is 1. The van der Waals surface area contributed by atoms with E-state index in [0.29, 0.717) is 29.0 Å². The van der Waals surface area contributed by atoms with E-state index in [1.165, 1.54) is 6.07 Å². The summed E-state index contributed by atoms with van der Waals surface area (Å²) < 4.78 is 36.7. The normalized spacial score (nSPS) is 10.9. The molecule has 0 spiro atoms. The summed E-state index contributed by atoms with van der Waals surface area (Å²) in [5.41, 5.74) is 0.0299. The van der Waals surface area contributed by atoms with E-state index in [2.05, 4.69) is 0 Å². The molecule has 0 saturated carbocycles. The third-order valence-electron chi connectivity index (χ3n) is 3.92. The molecular weight excluding hydrogens is 346 g/mol. The van der Waals surface area contributed by atoms with Gasteiger partial charge >= 0.3 is 11.6 Å². The van der Waals surface area contributed by atoms with Crippen molar-refractivity contribution >= 4 is 16.9 Å². The van der Waals surface area contributed by atoms with Gasteiger partial charge in [-0.05, 0) is 30.2 Å². The molecule has 0 aliphatic heterocycles. The van der Waals surface area contributed by atoms with Gasteiger partial charge in [0, 0.05) is 29.1 Å². The molecule has 0 aliphatic rings. The van der Waals surface area contributed by atoms with E-state index in [9.17, 15) is 23.5 Å². The highest BCUT2D eigenvalue weighted by Gasteiger charge is 2.16. The van der Waals surface area contributed by atoms with E-state index >= 15 is 0 Å². The van der Waals surface area contributed by atoms with Crippen molar-refractivity contribution in [1.82, 2.24) is 0 Å². The number of aryl methyl sites for hydroxylation is 1. The zero-order valence-corrected chi connectivity index (χ0v) is 13.7. The fourth-order valence-corrected chi connectivity index (χ4v) is 2.59. The third-order valence-corrected chi connectivity index (χ3v) is 3.92. The molecule has 0 aliphatic carbocycles. The molecule has 134 valence electrons. The van der Waals surface area contributed by atoms with Crippen LogP contribution >= 0.6 is 0 Å². The number of hydrogen-bond acceptors (Lipinski definition) is 5. The Morgan fingerprint density at radius 3 is 2.62 bits per heavy atom. The zero-order chi connectivity index (χ0) is 18.8. The zero-order valence-electron chi connectivity index (χ0n) is 13.7. The minimum absolute atomic E-state index is 0.00863. The van der Waals surface area contributed by atoms with Crippen molar-refractivity contribution in [3.05, 3.63) is 75.1 Å². The summed E-state index contributed by atoms with van der Waals surface area (Å²) in [5, 5.41) is 10.4. The van der Waals surface area contributed by atoms with Crippen molar-refractivity contribution < 1.29 is 27.8 Å². The van der Waals surface area contributed by atoms with E-state index in [1.807, 2.05) is 6.92 Å². The van der Waals surface area contributed by atoms with Crippen LogP contribution in [0.15, 0.2) is 45.6 Å². The van der Waals surface area contributed by atoms with Gasteiger partial charge in [0.2, 0.25) is 0 Å². The highest BCUT2D eigenvalue weighted by atomic mass is 19.1. The quantitative estimate of drug-likeness (QED) is 0.567. The van der Waals surface area contributed by atoms with E-state index in [0.717, 1.165) is 18.2 Å². The summed E-state index contributed by atoms with van der Waals surface area (Å²) in [6.07, 6.45) is 0.543. The van der Waals surface area contributed by atoms with Gasteiger partial charge in [0.15, 0.2) is 0 Å². The number of esters is 1. The van der Waals surface area contributed by atoms with Gasteiger partial charge in [0.25, 0.3) is 0 Å². The molecule has 5 nitrogen and oxygen atoms in total. The standard InChI is InChI=1S/C19H14F2O5/c1-2-10-5-14-11(6-18(23)26-17(14)8-16(10)22)9-25-19(24)13-4-3-12(20)7-15(13)21/h3-8,22H,2,9H2,1H3. The molecule has 7 heteroatoms. The molecule has 0 amide bonds. The summed E-state index contributed by atoms with van der Waals surface area (Å²) >= 11 is 0. The number of rotatable bonds is 4. The van der Waals surface area contributed by atoms with Crippen molar-refractivity contribution in [3.63, 3.8) is 0 Å². The number of phenolic OH excluding ortho intramolecular Hbond substituents is 1. The Bertz CT molecular complexity index is 1060. The van der Waals surface area contributed by atoms with E-state index < -0.39 is 28.8 Å². The number of benzene rings is 2. The summed E-state index contributed by atoms with van der Waals surface area (Å²) in [6, 6.07) is 6.63. The second-order valence-corrected chi connectivity index (χ2v) is 5.62. The van der Waals surface area contributed by atoms with Crippen LogP contribution in [0.2, 0.25) is 0 Å². The molecule has 0 radical (unpaired) electrons. The Morgan fingerprint density at radius 1 is 1.15 bits per heavy atom. The first-order valence-electron chi connectivity index (χ1n) is 7.80. The minimum Gasteiger partial charge on any atom is -0.508 e. The molecule has 0 unspecified atom stereocenters. The summed E-state index contributed by atoms with van der Waals surface area (Å²) in [7, 11) is 0. The first-order chi connectivity index (χ1) is 12.4. The Labute approximate surface area is 146 Å². The average Bonchev–Trinajstić information content (AvgIpc) is 2.58. The van der Waals surface area contributed by atoms with Crippen LogP contribution in [-0.4, -0.2) is 11.1 Å². The van der Waals surface area contributed by atoms with Gasteiger partial charge in [-0.2, -0.15) is 0 Å². The lowest BCUT2D eigenvalue weighted by Crippen LogP contribution is -2.10. The third kappa shape index (κ3) is 3.42. The second kappa shape index (κ2) is 6.95. The van der Waals surface area contributed by atoms with Gasteiger partial charge < -0.3 is 14.3 Å². The maximum atomic E-state index is 13.7. The van der Waals surface area contributed by atoms with Gasteiger partial charge in [0.1, 0.15) is 29.6 Å². The molecule has 3 aromatic rings. The van der Waals surface area contributed by atoms with Gasteiger partial charge in [-0.25, -0.2) is 18.4 Å². The average molecular weight is 360 g/mol. The van der Waals surface area contributed by atoms with Crippen molar-refractivity contribution in [2.45, 2.75) is 20.0 Å².